The quantitative estimate of drug-likeness (QED) is 0.803. The van der Waals surface area contributed by atoms with Gasteiger partial charge in [0.05, 0.1) is 0 Å². The fourth-order valence-corrected chi connectivity index (χ4v) is 3.45. The molecule has 1 N–H and O–H groups in total. The molecule has 1 aliphatic rings. The molecule has 0 unspecified atom stereocenters. The second kappa shape index (κ2) is 6.34. The molecule has 2 heterocycles. The van der Waals surface area contributed by atoms with Gasteiger partial charge in [-0.3, -0.25) is 4.90 Å². The van der Waals surface area contributed by atoms with Crippen LogP contribution in [0.25, 0.3) is 0 Å². The average molecular weight is 267 g/mol. The van der Waals surface area contributed by atoms with E-state index < -0.39 is 5.97 Å². The summed E-state index contributed by atoms with van der Waals surface area (Å²) in [4.78, 5) is 15.2. The molecule has 100 valence electrons. The Morgan fingerprint density at radius 2 is 2.28 bits per heavy atom. The van der Waals surface area contributed by atoms with Crippen molar-refractivity contribution >= 4 is 17.3 Å². The van der Waals surface area contributed by atoms with Gasteiger partial charge in [-0.15, -0.1) is 11.3 Å². The molecule has 18 heavy (non-hydrogen) atoms. The molecule has 0 fully saturated rings. The third-order valence-corrected chi connectivity index (χ3v) is 4.71. The minimum atomic E-state index is -0.788. The van der Waals surface area contributed by atoms with Crippen LogP contribution < -0.4 is 0 Å². The van der Waals surface area contributed by atoms with Crippen molar-refractivity contribution in [2.24, 2.45) is 0 Å². The van der Waals surface area contributed by atoms with Crippen molar-refractivity contribution in [1.82, 2.24) is 4.90 Å². The summed E-state index contributed by atoms with van der Waals surface area (Å²) in [5.74, 6) is -0.788. The van der Waals surface area contributed by atoms with Crippen LogP contribution in [-0.4, -0.2) is 29.1 Å². The van der Waals surface area contributed by atoms with E-state index in [1.807, 2.05) is 6.07 Å². The zero-order chi connectivity index (χ0) is 13.0. The number of fused-ring (bicyclic) bond motifs is 1. The topological polar surface area (TPSA) is 40.5 Å². The van der Waals surface area contributed by atoms with Crippen LogP contribution in [0, 0.1) is 0 Å². The highest BCUT2D eigenvalue weighted by Gasteiger charge is 2.20. The molecule has 1 aromatic rings. The SMILES string of the molecule is CCCCCCN1CCc2sc(C(=O)O)cc2C1. The number of carboxylic acid groups (broad SMARTS) is 1. The summed E-state index contributed by atoms with van der Waals surface area (Å²) < 4.78 is 0. The normalized spacial score (nSPS) is 15.6. The van der Waals surface area contributed by atoms with Crippen LogP contribution in [0.4, 0.5) is 0 Å². The molecule has 0 spiro atoms. The first kappa shape index (κ1) is 13.6. The van der Waals surface area contributed by atoms with E-state index in [0.29, 0.717) is 4.88 Å². The highest BCUT2D eigenvalue weighted by atomic mass is 32.1. The molecule has 0 saturated carbocycles. The van der Waals surface area contributed by atoms with Crippen LogP contribution in [0.2, 0.25) is 0 Å². The lowest BCUT2D eigenvalue weighted by Crippen LogP contribution is -2.30. The standard InChI is InChI=1S/C14H21NO2S/c1-2-3-4-5-7-15-8-6-12-11(10-15)9-13(18-12)14(16)17/h9H,2-8,10H2,1H3,(H,16,17). The van der Waals surface area contributed by atoms with E-state index in [-0.39, 0.29) is 0 Å². The van der Waals surface area contributed by atoms with E-state index in [4.69, 9.17) is 5.11 Å². The smallest absolute Gasteiger partial charge is 0.345 e. The molecule has 0 atom stereocenters. The molecule has 4 heteroatoms. The number of carboxylic acids is 1. The maximum absolute atomic E-state index is 10.9. The summed E-state index contributed by atoms with van der Waals surface area (Å²) in [6.45, 7) is 5.40. The van der Waals surface area contributed by atoms with E-state index in [1.165, 1.54) is 47.5 Å². The van der Waals surface area contributed by atoms with Crippen LogP contribution in [0.1, 0.15) is 52.7 Å². The monoisotopic (exact) mass is 267 g/mol. The van der Waals surface area contributed by atoms with Crippen molar-refractivity contribution in [3.63, 3.8) is 0 Å². The predicted molar refractivity (Wildman–Crippen MR) is 74.4 cm³/mol. The Kier molecular flexibility index (Phi) is 4.78. The number of rotatable bonds is 6. The van der Waals surface area contributed by atoms with Gasteiger partial charge in [-0.1, -0.05) is 26.2 Å². The lowest BCUT2D eigenvalue weighted by atomic mass is 10.1. The average Bonchev–Trinajstić information content (AvgIpc) is 2.78. The molecule has 0 amide bonds. The Morgan fingerprint density at radius 3 is 3.00 bits per heavy atom. The molecule has 0 saturated heterocycles. The summed E-state index contributed by atoms with van der Waals surface area (Å²) in [6, 6.07) is 1.86. The van der Waals surface area contributed by atoms with Gasteiger partial charge in [-0.2, -0.15) is 0 Å². The molecular weight excluding hydrogens is 246 g/mol. The molecule has 0 aliphatic carbocycles. The molecule has 0 aromatic carbocycles. The Bertz CT molecular complexity index is 414. The van der Waals surface area contributed by atoms with E-state index in [9.17, 15) is 4.79 Å². The largest absolute Gasteiger partial charge is 0.477 e. The second-order valence-corrected chi connectivity index (χ2v) is 6.09. The molecule has 1 aromatic heterocycles. The highest BCUT2D eigenvalue weighted by molar-refractivity contribution is 7.14. The number of unbranched alkanes of at least 4 members (excludes halogenated alkanes) is 3. The van der Waals surface area contributed by atoms with E-state index in [0.717, 1.165) is 26.1 Å². The van der Waals surface area contributed by atoms with Gasteiger partial charge in [0.1, 0.15) is 4.88 Å². The maximum atomic E-state index is 10.9. The zero-order valence-corrected chi connectivity index (χ0v) is 11.8. The maximum Gasteiger partial charge on any atom is 0.345 e. The first-order chi connectivity index (χ1) is 8.70. The van der Waals surface area contributed by atoms with Crippen LogP contribution in [0.15, 0.2) is 6.07 Å². The Morgan fingerprint density at radius 1 is 1.44 bits per heavy atom. The number of hydrogen-bond donors (Lipinski definition) is 1. The second-order valence-electron chi connectivity index (χ2n) is 4.95. The van der Waals surface area contributed by atoms with Crippen molar-refractivity contribution in [1.29, 1.82) is 0 Å². The van der Waals surface area contributed by atoms with E-state index >= 15 is 0 Å². The van der Waals surface area contributed by atoms with Gasteiger partial charge in [0.2, 0.25) is 0 Å². The summed E-state index contributed by atoms with van der Waals surface area (Å²) in [5.41, 5.74) is 1.24. The van der Waals surface area contributed by atoms with Gasteiger partial charge in [0.25, 0.3) is 0 Å². The molecular formula is C14H21NO2S. The molecule has 0 radical (unpaired) electrons. The Labute approximate surface area is 112 Å². The summed E-state index contributed by atoms with van der Waals surface area (Å²) >= 11 is 1.45. The Balaban J connectivity index is 1.87. The fourth-order valence-electron chi connectivity index (χ4n) is 2.45. The van der Waals surface area contributed by atoms with Gasteiger partial charge < -0.3 is 5.11 Å². The number of thiophene rings is 1. The molecule has 3 nitrogen and oxygen atoms in total. The number of aromatic carboxylic acids is 1. The summed E-state index contributed by atoms with van der Waals surface area (Å²) in [7, 11) is 0. The first-order valence-electron chi connectivity index (χ1n) is 6.78. The first-order valence-corrected chi connectivity index (χ1v) is 7.59. The number of carbonyl (C=O) groups is 1. The minimum absolute atomic E-state index is 0.493. The van der Waals surface area contributed by atoms with Crippen LogP contribution in [-0.2, 0) is 13.0 Å². The van der Waals surface area contributed by atoms with Gasteiger partial charge >= 0.3 is 5.97 Å². The van der Waals surface area contributed by atoms with Gasteiger partial charge in [-0.25, -0.2) is 4.79 Å². The highest BCUT2D eigenvalue weighted by Crippen LogP contribution is 2.28. The lowest BCUT2D eigenvalue weighted by Gasteiger charge is -2.26. The van der Waals surface area contributed by atoms with Crippen molar-refractivity contribution in [2.75, 3.05) is 13.1 Å². The molecule has 2 rings (SSSR count). The van der Waals surface area contributed by atoms with Crippen molar-refractivity contribution in [2.45, 2.75) is 45.6 Å². The predicted octanol–water partition coefficient (Wildman–Crippen LogP) is 3.38. The molecule has 1 aliphatic heterocycles. The third kappa shape index (κ3) is 3.33. The van der Waals surface area contributed by atoms with Crippen LogP contribution >= 0.6 is 11.3 Å². The third-order valence-electron chi connectivity index (χ3n) is 3.48. The van der Waals surface area contributed by atoms with Crippen LogP contribution in [0.3, 0.4) is 0 Å². The fraction of sp³-hybridized carbons (Fsp3) is 0.643. The minimum Gasteiger partial charge on any atom is -0.477 e. The number of nitrogens with zero attached hydrogens (tertiary/aromatic N) is 1. The molecule has 0 bridgehead atoms. The van der Waals surface area contributed by atoms with E-state index in [1.54, 1.807) is 0 Å². The van der Waals surface area contributed by atoms with Crippen LogP contribution in [0.5, 0.6) is 0 Å². The lowest BCUT2D eigenvalue weighted by molar-refractivity contribution is 0.0702. The summed E-state index contributed by atoms with van der Waals surface area (Å²) in [6.07, 6.45) is 6.18. The Hall–Kier alpha value is -0.870. The van der Waals surface area contributed by atoms with Gasteiger partial charge in [-0.05, 0) is 31.0 Å². The van der Waals surface area contributed by atoms with Crippen molar-refractivity contribution in [3.8, 4) is 0 Å². The van der Waals surface area contributed by atoms with Gasteiger partial charge in [0, 0.05) is 18.0 Å². The van der Waals surface area contributed by atoms with Crippen molar-refractivity contribution < 1.29 is 9.90 Å². The number of hydrogen-bond acceptors (Lipinski definition) is 3. The summed E-state index contributed by atoms with van der Waals surface area (Å²) in [5, 5.41) is 9.00. The van der Waals surface area contributed by atoms with Gasteiger partial charge in [0.15, 0.2) is 0 Å². The zero-order valence-electron chi connectivity index (χ0n) is 10.9. The van der Waals surface area contributed by atoms with Crippen molar-refractivity contribution in [3.05, 3.63) is 21.4 Å². The van der Waals surface area contributed by atoms with E-state index in [2.05, 4.69) is 11.8 Å².